The summed E-state index contributed by atoms with van der Waals surface area (Å²) in [6.45, 7) is 2.01. The standard InChI is InChI=1S/C19H20BrF/c1-14-11-17(21)9-8-16(14)12-19(13-20)10-4-6-15-5-2-3-7-18(15)19/h2-3,5,7-9,11H,4,6,10,12-13H2,1H3. The van der Waals surface area contributed by atoms with Gasteiger partial charge < -0.3 is 0 Å². The second-order valence-electron chi connectivity index (χ2n) is 6.17. The molecule has 2 aromatic carbocycles. The molecule has 0 amide bonds. The molecule has 0 aliphatic heterocycles. The molecule has 0 aromatic heterocycles. The SMILES string of the molecule is Cc1cc(F)ccc1CC1(CBr)CCCc2ccccc21. The van der Waals surface area contributed by atoms with Crippen molar-refractivity contribution in [2.24, 2.45) is 0 Å². The van der Waals surface area contributed by atoms with Crippen molar-refractivity contribution in [1.29, 1.82) is 0 Å². The van der Waals surface area contributed by atoms with Gasteiger partial charge >= 0.3 is 0 Å². The number of aryl methyl sites for hydroxylation is 2. The first-order valence-electron chi connectivity index (χ1n) is 7.54. The van der Waals surface area contributed by atoms with E-state index in [1.807, 2.05) is 13.0 Å². The summed E-state index contributed by atoms with van der Waals surface area (Å²) >= 11 is 3.76. The third-order valence-corrected chi connectivity index (χ3v) is 5.85. The minimum absolute atomic E-state index is 0.136. The zero-order chi connectivity index (χ0) is 14.9. The van der Waals surface area contributed by atoms with Crippen LogP contribution in [0.25, 0.3) is 0 Å². The molecule has 0 fully saturated rings. The number of hydrogen-bond donors (Lipinski definition) is 0. The number of benzene rings is 2. The molecule has 0 heterocycles. The van der Waals surface area contributed by atoms with Gasteiger partial charge in [0.15, 0.2) is 0 Å². The van der Waals surface area contributed by atoms with Crippen LogP contribution >= 0.6 is 15.9 Å². The predicted molar refractivity (Wildman–Crippen MR) is 89.7 cm³/mol. The predicted octanol–water partition coefficient (Wildman–Crippen LogP) is 5.35. The van der Waals surface area contributed by atoms with Crippen LogP contribution in [0.3, 0.4) is 0 Å². The normalized spacial score (nSPS) is 21.1. The van der Waals surface area contributed by atoms with Gasteiger partial charge in [0.05, 0.1) is 0 Å². The maximum Gasteiger partial charge on any atom is 0.123 e. The molecule has 0 radical (unpaired) electrons. The fourth-order valence-corrected chi connectivity index (χ4v) is 4.38. The minimum atomic E-state index is -0.145. The molecule has 0 saturated heterocycles. The number of alkyl halides is 1. The zero-order valence-electron chi connectivity index (χ0n) is 12.3. The van der Waals surface area contributed by atoms with Crippen LogP contribution in [-0.2, 0) is 18.3 Å². The Bertz CT molecular complexity index is 650. The summed E-state index contributed by atoms with van der Waals surface area (Å²) in [6, 6.07) is 14.0. The molecular formula is C19H20BrF. The lowest BCUT2D eigenvalue weighted by molar-refractivity contribution is 0.400. The number of fused-ring (bicyclic) bond motifs is 1. The van der Waals surface area contributed by atoms with Crippen LogP contribution in [0.5, 0.6) is 0 Å². The van der Waals surface area contributed by atoms with Crippen LogP contribution in [0.1, 0.15) is 35.1 Å². The van der Waals surface area contributed by atoms with Crippen LogP contribution in [0, 0.1) is 12.7 Å². The Labute approximate surface area is 134 Å². The van der Waals surface area contributed by atoms with E-state index in [1.165, 1.54) is 36.0 Å². The van der Waals surface area contributed by atoms with Gasteiger partial charge in [-0.15, -0.1) is 0 Å². The Morgan fingerprint density at radius 2 is 2.00 bits per heavy atom. The molecule has 1 aliphatic rings. The first-order valence-corrected chi connectivity index (χ1v) is 8.66. The van der Waals surface area contributed by atoms with E-state index in [2.05, 4.69) is 40.2 Å². The first-order chi connectivity index (χ1) is 10.1. The van der Waals surface area contributed by atoms with Crippen molar-refractivity contribution in [2.75, 3.05) is 5.33 Å². The minimum Gasteiger partial charge on any atom is -0.207 e. The van der Waals surface area contributed by atoms with Gasteiger partial charge in [-0.1, -0.05) is 46.3 Å². The average Bonchev–Trinajstić information content (AvgIpc) is 2.50. The Hall–Kier alpha value is -1.15. The summed E-state index contributed by atoms with van der Waals surface area (Å²) in [4.78, 5) is 0. The third-order valence-electron chi connectivity index (χ3n) is 4.78. The Morgan fingerprint density at radius 1 is 1.19 bits per heavy atom. The number of rotatable bonds is 3. The van der Waals surface area contributed by atoms with Crippen molar-refractivity contribution in [3.8, 4) is 0 Å². The summed E-state index contributed by atoms with van der Waals surface area (Å²) in [5, 5.41) is 0.952. The third kappa shape index (κ3) is 2.78. The molecule has 21 heavy (non-hydrogen) atoms. The second kappa shape index (κ2) is 5.92. The maximum atomic E-state index is 13.3. The van der Waals surface area contributed by atoms with Gasteiger partial charge in [0, 0.05) is 10.7 Å². The van der Waals surface area contributed by atoms with Crippen LogP contribution in [0.2, 0.25) is 0 Å². The van der Waals surface area contributed by atoms with Crippen molar-refractivity contribution < 1.29 is 4.39 Å². The van der Waals surface area contributed by atoms with Crippen LogP contribution < -0.4 is 0 Å². The summed E-state index contributed by atoms with van der Waals surface area (Å²) in [5.41, 5.74) is 5.39. The van der Waals surface area contributed by atoms with Gasteiger partial charge in [-0.25, -0.2) is 4.39 Å². The van der Waals surface area contributed by atoms with E-state index in [4.69, 9.17) is 0 Å². The molecule has 2 heteroatoms. The highest BCUT2D eigenvalue weighted by Gasteiger charge is 2.35. The molecule has 0 nitrogen and oxygen atoms in total. The first kappa shape index (κ1) is 14.8. The molecule has 0 N–H and O–H groups in total. The molecule has 3 rings (SSSR count). The Kier molecular flexibility index (Phi) is 4.17. The van der Waals surface area contributed by atoms with Gasteiger partial charge in [-0.05, 0) is 67.0 Å². The Morgan fingerprint density at radius 3 is 2.76 bits per heavy atom. The van der Waals surface area contributed by atoms with Crippen LogP contribution in [-0.4, -0.2) is 5.33 Å². The van der Waals surface area contributed by atoms with Crippen molar-refractivity contribution >= 4 is 15.9 Å². The summed E-state index contributed by atoms with van der Waals surface area (Å²) in [5.74, 6) is -0.145. The second-order valence-corrected chi connectivity index (χ2v) is 6.73. The zero-order valence-corrected chi connectivity index (χ0v) is 13.9. The van der Waals surface area contributed by atoms with E-state index < -0.39 is 0 Å². The molecule has 0 spiro atoms. The topological polar surface area (TPSA) is 0 Å². The smallest absolute Gasteiger partial charge is 0.123 e. The van der Waals surface area contributed by atoms with Crippen molar-refractivity contribution in [3.05, 3.63) is 70.5 Å². The molecule has 0 saturated carbocycles. The molecular weight excluding hydrogens is 327 g/mol. The van der Waals surface area contributed by atoms with Gasteiger partial charge in [0.1, 0.15) is 5.82 Å². The lowest BCUT2D eigenvalue weighted by Crippen LogP contribution is -2.35. The van der Waals surface area contributed by atoms with E-state index in [0.29, 0.717) is 0 Å². The summed E-state index contributed by atoms with van der Waals surface area (Å²) < 4.78 is 13.3. The molecule has 2 aromatic rings. The van der Waals surface area contributed by atoms with Crippen LogP contribution in [0.4, 0.5) is 4.39 Å². The molecule has 110 valence electrons. The highest BCUT2D eigenvalue weighted by molar-refractivity contribution is 9.09. The quantitative estimate of drug-likeness (QED) is 0.657. The lowest BCUT2D eigenvalue weighted by atomic mass is 9.68. The summed E-state index contributed by atoms with van der Waals surface area (Å²) in [7, 11) is 0. The average molecular weight is 347 g/mol. The monoisotopic (exact) mass is 346 g/mol. The molecule has 1 atom stereocenters. The fourth-order valence-electron chi connectivity index (χ4n) is 3.60. The van der Waals surface area contributed by atoms with E-state index in [0.717, 1.165) is 17.3 Å². The maximum absolute atomic E-state index is 13.3. The van der Waals surface area contributed by atoms with E-state index in [1.54, 1.807) is 12.1 Å². The van der Waals surface area contributed by atoms with Crippen molar-refractivity contribution in [2.45, 2.75) is 38.0 Å². The highest BCUT2D eigenvalue weighted by Crippen LogP contribution is 2.41. The Balaban J connectivity index is 2.02. The molecule has 1 unspecified atom stereocenters. The highest BCUT2D eigenvalue weighted by atomic mass is 79.9. The van der Waals surface area contributed by atoms with E-state index >= 15 is 0 Å². The van der Waals surface area contributed by atoms with Crippen molar-refractivity contribution in [3.63, 3.8) is 0 Å². The number of hydrogen-bond acceptors (Lipinski definition) is 0. The van der Waals surface area contributed by atoms with E-state index in [9.17, 15) is 4.39 Å². The van der Waals surface area contributed by atoms with Gasteiger partial charge in [-0.2, -0.15) is 0 Å². The fraction of sp³-hybridized carbons (Fsp3) is 0.368. The molecule has 1 aliphatic carbocycles. The van der Waals surface area contributed by atoms with Crippen LogP contribution in [0.15, 0.2) is 42.5 Å². The van der Waals surface area contributed by atoms with Crippen molar-refractivity contribution in [1.82, 2.24) is 0 Å². The van der Waals surface area contributed by atoms with Gasteiger partial charge in [-0.3, -0.25) is 0 Å². The van der Waals surface area contributed by atoms with Gasteiger partial charge in [0.2, 0.25) is 0 Å². The largest absolute Gasteiger partial charge is 0.207 e. The van der Waals surface area contributed by atoms with E-state index in [-0.39, 0.29) is 11.2 Å². The summed E-state index contributed by atoms with van der Waals surface area (Å²) in [6.07, 6.45) is 4.56. The lowest BCUT2D eigenvalue weighted by Gasteiger charge is -2.38. The molecule has 0 bridgehead atoms. The van der Waals surface area contributed by atoms with Gasteiger partial charge in [0.25, 0.3) is 0 Å². The number of halogens is 2.